The maximum atomic E-state index is 2.32. The fourth-order valence-electron chi connectivity index (χ4n) is 1.48. The highest BCUT2D eigenvalue weighted by Crippen LogP contribution is 2.06. The molecule has 13 heavy (non-hydrogen) atoms. The van der Waals surface area contributed by atoms with Crippen LogP contribution in [0.4, 0.5) is 0 Å². The van der Waals surface area contributed by atoms with Gasteiger partial charge in [-0.05, 0) is 38.5 Å². The predicted molar refractivity (Wildman–Crippen MR) is 59.7 cm³/mol. The van der Waals surface area contributed by atoms with Crippen LogP contribution in [0.5, 0.6) is 0 Å². The molecular formula is C13H20. The van der Waals surface area contributed by atoms with Gasteiger partial charge in [0.25, 0.3) is 0 Å². The SMILES string of the molecule is C1=C\CCCCC/C=C/C/C=C/C/1. The molecule has 0 heteroatoms. The van der Waals surface area contributed by atoms with Crippen LogP contribution in [0.3, 0.4) is 0 Å². The van der Waals surface area contributed by atoms with Gasteiger partial charge in [0.05, 0.1) is 0 Å². The Morgan fingerprint density at radius 2 is 0.923 bits per heavy atom. The molecule has 0 saturated heterocycles. The lowest BCUT2D eigenvalue weighted by molar-refractivity contribution is 0.695. The normalized spacial score (nSPS) is 27.7. The summed E-state index contributed by atoms with van der Waals surface area (Å²) in [6.07, 6.45) is 22.5. The van der Waals surface area contributed by atoms with Crippen molar-refractivity contribution in [2.75, 3.05) is 0 Å². The molecule has 0 aromatic rings. The van der Waals surface area contributed by atoms with E-state index in [-0.39, 0.29) is 0 Å². The predicted octanol–water partition coefficient (Wildman–Crippen LogP) is 4.40. The zero-order valence-electron chi connectivity index (χ0n) is 8.41. The molecule has 0 N–H and O–H groups in total. The average Bonchev–Trinajstić information content (AvgIpc) is 2.18. The van der Waals surface area contributed by atoms with E-state index >= 15 is 0 Å². The summed E-state index contributed by atoms with van der Waals surface area (Å²) in [5, 5.41) is 0. The molecule has 0 saturated carbocycles. The molecule has 1 rings (SSSR count). The highest BCUT2D eigenvalue weighted by Gasteiger charge is 1.86. The molecule has 0 amide bonds. The summed E-state index contributed by atoms with van der Waals surface area (Å²) < 4.78 is 0. The number of rotatable bonds is 0. The van der Waals surface area contributed by atoms with Crippen LogP contribution in [-0.2, 0) is 0 Å². The van der Waals surface area contributed by atoms with E-state index in [1.165, 1.54) is 32.1 Å². The molecule has 1 aliphatic carbocycles. The first-order valence-corrected chi connectivity index (χ1v) is 5.45. The van der Waals surface area contributed by atoms with Crippen LogP contribution in [0.2, 0.25) is 0 Å². The second kappa shape index (κ2) is 7.85. The molecule has 0 bridgehead atoms. The number of hydrogen-bond acceptors (Lipinski definition) is 0. The van der Waals surface area contributed by atoms with Gasteiger partial charge in [0, 0.05) is 0 Å². The zero-order valence-corrected chi connectivity index (χ0v) is 8.41. The molecule has 0 spiro atoms. The summed E-state index contributed by atoms with van der Waals surface area (Å²) in [6, 6.07) is 0. The van der Waals surface area contributed by atoms with Crippen molar-refractivity contribution in [3.63, 3.8) is 0 Å². The van der Waals surface area contributed by atoms with E-state index in [4.69, 9.17) is 0 Å². The van der Waals surface area contributed by atoms with E-state index < -0.39 is 0 Å². The largest absolute Gasteiger partial charge is 0.0882 e. The van der Waals surface area contributed by atoms with E-state index in [2.05, 4.69) is 36.5 Å². The molecule has 0 radical (unpaired) electrons. The summed E-state index contributed by atoms with van der Waals surface area (Å²) in [5.74, 6) is 0. The molecule has 0 aromatic heterocycles. The Morgan fingerprint density at radius 3 is 1.46 bits per heavy atom. The Hall–Kier alpha value is -0.780. The number of hydrogen-bond donors (Lipinski definition) is 0. The average molecular weight is 176 g/mol. The molecule has 0 unspecified atom stereocenters. The van der Waals surface area contributed by atoms with Crippen molar-refractivity contribution in [3.05, 3.63) is 36.5 Å². The van der Waals surface area contributed by atoms with Crippen molar-refractivity contribution >= 4 is 0 Å². The lowest BCUT2D eigenvalue weighted by Gasteiger charge is -1.94. The van der Waals surface area contributed by atoms with Crippen LogP contribution in [0.25, 0.3) is 0 Å². The summed E-state index contributed by atoms with van der Waals surface area (Å²) in [4.78, 5) is 0. The summed E-state index contributed by atoms with van der Waals surface area (Å²) >= 11 is 0. The maximum Gasteiger partial charge on any atom is -0.0169 e. The summed E-state index contributed by atoms with van der Waals surface area (Å²) in [7, 11) is 0. The molecular weight excluding hydrogens is 156 g/mol. The Balaban J connectivity index is 2.28. The smallest absolute Gasteiger partial charge is 0.0169 e. The minimum atomic E-state index is 1.10. The van der Waals surface area contributed by atoms with E-state index in [9.17, 15) is 0 Å². The first-order chi connectivity index (χ1) is 6.50. The molecule has 1 aliphatic rings. The minimum Gasteiger partial charge on any atom is -0.0882 e. The standard InChI is InChI=1S/C13H20/c1-2-4-6-8-10-12-13-11-9-7-5-3-1/h1-2,5-8H,3-4,9-13H2/b2-1+,7-5-,8-6+. The van der Waals surface area contributed by atoms with Crippen molar-refractivity contribution < 1.29 is 0 Å². The van der Waals surface area contributed by atoms with Crippen LogP contribution in [0.1, 0.15) is 44.9 Å². The van der Waals surface area contributed by atoms with Crippen molar-refractivity contribution in [2.24, 2.45) is 0 Å². The first-order valence-electron chi connectivity index (χ1n) is 5.45. The Morgan fingerprint density at radius 1 is 0.462 bits per heavy atom. The molecule has 0 aromatic carbocycles. The van der Waals surface area contributed by atoms with Gasteiger partial charge in [0.15, 0.2) is 0 Å². The highest BCUT2D eigenvalue weighted by atomic mass is 13.9. The van der Waals surface area contributed by atoms with Gasteiger partial charge in [-0.1, -0.05) is 42.9 Å². The third-order valence-corrected chi connectivity index (χ3v) is 2.29. The van der Waals surface area contributed by atoms with Crippen LogP contribution < -0.4 is 0 Å². The molecule has 72 valence electrons. The molecule has 0 fully saturated rings. The highest BCUT2D eigenvalue weighted by molar-refractivity contribution is 4.97. The van der Waals surface area contributed by atoms with Crippen LogP contribution in [0, 0.1) is 0 Å². The lowest BCUT2D eigenvalue weighted by Crippen LogP contribution is -1.74. The van der Waals surface area contributed by atoms with Crippen molar-refractivity contribution in [1.29, 1.82) is 0 Å². The van der Waals surface area contributed by atoms with E-state index in [0.717, 1.165) is 12.8 Å². The van der Waals surface area contributed by atoms with Crippen molar-refractivity contribution in [3.8, 4) is 0 Å². The monoisotopic (exact) mass is 176 g/mol. The summed E-state index contributed by atoms with van der Waals surface area (Å²) in [6.45, 7) is 0. The third kappa shape index (κ3) is 6.39. The van der Waals surface area contributed by atoms with Gasteiger partial charge in [-0.25, -0.2) is 0 Å². The maximum absolute atomic E-state index is 2.32. The minimum absolute atomic E-state index is 1.10. The number of allylic oxidation sites excluding steroid dienone is 6. The quantitative estimate of drug-likeness (QED) is 0.480. The Kier molecular flexibility index (Phi) is 6.22. The lowest BCUT2D eigenvalue weighted by atomic mass is 10.1. The van der Waals surface area contributed by atoms with Gasteiger partial charge in [-0.3, -0.25) is 0 Å². The van der Waals surface area contributed by atoms with Crippen LogP contribution in [0.15, 0.2) is 36.5 Å². The molecule has 0 heterocycles. The van der Waals surface area contributed by atoms with E-state index in [1.54, 1.807) is 0 Å². The van der Waals surface area contributed by atoms with Gasteiger partial charge < -0.3 is 0 Å². The zero-order chi connectivity index (χ0) is 9.19. The van der Waals surface area contributed by atoms with Gasteiger partial charge in [-0.2, -0.15) is 0 Å². The van der Waals surface area contributed by atoms with E-state index in [0.29, 0.717) is 0 Å². The van der Waals surface area contributed by atoms with Crippen molar-refractivity contribution in [2.45, 2.75) is 44.9 Å². The molecule has 0 atom stereocenters. The van der Waals surface area contributed by atoms with E-state index in [1.807, 2.05) is 0 Å². The topological polar surface area (TPSA) is 0 Å². The second-order valence-corrected chi connectivity index (χ2v) is 3.52. The fourth-order valence-corrected chi connectivity index (χ4v) is 1.48. The van der Waals surface area contributed by atoms with Gasteiger partial charge >= 0.3 is 0 Å². The Bertz CT molecular complexity index is 164. The van der Waals surface area contributed by atoms with Crippen LogP contribution in [-0.4, -0.2) is 0 Å². The van der Waals surface area contributed by atoms with Crippen LogP contribution >= 0.6 is 0 Å². The second-order valence-electron chi connectivity index (χ2n) is 3.52. The Labute approximate surface area is 82.0 Å². The van der Waals surface area contributed by atoms with Gasteiger partial charge in [0.1, 0.15) is 0 Å². The molecule has 0 aliphatic heterocycles. The van der Waals surface area contributed by atoms with Gasteiger partial charge in [-0.15, -0.1) is 0 Å². The van der Waals surface area contributed by atoms with Gasteiger partial charge in [0.2, 0.25) is 0 Å². The fraction of sp³-hybridized carbons (Fsp3) is 0.538. The first kappa shape index (κ1) is 10.3. The third-order valence-electron chi connectivity index (χ3n) is 2.29. The molecule has 0 nitrogen and oxygen atoms in total. The van der Waals surface area contributed by atoms with Crippen molar-refractivity contribution in [1.82, 2.24) is 0 Å². The summed E-state index contributed by atoms with van der Waals surface area (Å²) in [5.41, 5.74) is 0.